The van der Waals surface area contributed by atoms with E-state index in [1.807, 2.05) is 41.3 Å². The molecule has 8 nitrogen and oxygen atoms in total. The topological polar surface area (TPSA) is 83.6 Å². The zero-order valence-corrected chi connectivity index (χ0v) is 18.2. The normalized spacial score (nSPS) is 15.2. The molecule has 1 aliphatic rings. The molecule has 31 heavy (non-hydrogen) atoms. The van der Waals surface area contributed by atoms with E-state index in [9.17, 15) is 0 Å². The average Bonchev–Trinajstić information content (AvgIpc) is 3.41. The molecule has 0 saturated carbocycles. The lowest BCUT2D eigenvalue weighted by Crippen LogP contribution is -2.31. The smallest absolute Gasteiger partial charge is 0.163 e. The minimum Gasteiger partial charge on any atom is -0.370 e. The number of imidazole rings is 1. The third kappa shape index (κ3) is 4.07. The fourth-order valence-electron chi connectivity index (χ4n) is 4.24. The molecule has 1 saturated heterocycles. The summed E-state index contributed by atoms with van der Waals surface area (Å²) in [5.74, 6) is 2.87. The van der Waals surface area contributed by atoms with Crippen molar-refractivity contribution in [3.8, 4) is 0 Å². The number of hydrogen-bond acceptors (Lipinski definition) is 6. The largest absolute Gasteiger partial charge is 0.370 e. The molecule has 0 unspecified atom stereocenters. The maximum absolute atomic E-state index is 4.91. The Kier molecular flexibility index (Phi) is 5.46. The molecule has 0 bridgehead atoms. The van der Waals surface area contributed by atoms with Crippen LogP contribution in [0.2, 0.25) is 0 Å². The summed E-state index contributed by atoms with van der Waals surface area (Å²) in [6.07, 6.45) is 8.30. The van der Waals surface area contributed by atoms with Crippen LogP contribution >= 0.6 is 0 Å². The van der Waals surface area contributed by atoms with Crippen molar-refractivity contribution in [1.82, 2.24) is 29.3 Å². The van der Waals surface area contributed by atoms with Crippen molar-refractivity contribution < 1.29 is 0 Å². The second-order valence-electron chi connectivity index (χ2n) is 8.62. The minimum absolute atomic E-state index is 0.358. The van der Waals surface area contributed by atoms with Gasteiger partial charge < -0.3 is 20.4 Å². The highest BCUT2D eigenvalue weighted by Gasteiger charge is 2.16. The van der Waals surface area contributed by atoms with Gasteiger partial charge in [-0.15, -0.1) is 0 Å². The van der Waals surface area contributed by atoms with Crippen LogP contribution in [-0.4, -0.2) is 43.6 Å². The molecule has 0 spiro atoms. The number of nitrogens with one attached hydrogen (secondary N) is 3. The van der Waals surface area contributed by atoms with Gasteiger partial charge in [0.1, 0.15) is 17.3 Å². The predicted octanol–water partition coefficient (Wildman–Crippen LogP) is 3.52. The Morgan fingerprint density at radius 2 is 2.03 bits per heavy atom. The Morgan fingerprint density at radius 1 is 1.16 bits per heavy atom. The fourth-order valence-corrected chi connectivity index (χ4v) is 4.24. The number of rotatable bonds is 7. The number of hydrogen-bond donors (Lipinski definition) is 3. The summed E-state index contributed by atoms with van der Waals surface area (Å²) in [6, 6.07) is 8.10. The van der Waals surface area contributed by atoms with Gasteiger partial charge in [-0.25, -0.2) is 9.97 Å². The SMILES string of the molecule is CC(C)c1cnn2c(NCc3cnc4ccccn34)cc(NCC3CCNCC3)nc12. The quantitative estimate of drug-likeness (QED) is 0.426. The van der Waals surface area contributed by atoms with E-state index in [4.69, 9.17) is 4.98 Å². The lowest BCUT2D eigenvalue weighted by molar-refractivity contribution is 0.389. The van der Waals surface area contributed by atoms with Crippen molar-refractivity contribution in [2.45, 2.75) is 39.2 Å². The Bertz CT molecular complexity index is 1170. The summed E-state index contributed by atoms with van der Waals surface area (Å²) in [6.45, 7) is 8.16. The van der Waals surface area contributed by atoms with Crippen molar-refractivity contribution >= 4 is 22.9 Å². The third-order valence-corrected chi connectivity index (χ3v) is 6.10. The molecule has 1 aliphatic heterocycles. The number of piperidine rings is 1. The summed E-state index contributed by atoms with van der Waals surface area (Å²) in [5, 5.41) is 15.2. The summed E-state index contributed by atoms with van der Waals surface area (Å²) >= 11 is 0. The molecular formula is C23H30N8. The van der Waals surface area contributed by atoms with E-state index in [1.165, 1.54) is 12.8 Å². The Balaban J connectivity index is 1.42. The van der Waals surface area contributed by atoms with Crippen molar-refractivity contribution in [1.29, 1.82) is 0 Å². The standard InChI is InChI=1S/C23H30N8/c1-16(2)19-15-28-31-22(27-14-18-13-26-21-5-3-4-10-30(18)21)11-20(29-23(19)31)25-12-17-6-8-24-9-7-17/h3-5,10-11,13,15-17,24,27H,6-9,12,14H2,1-2H3,(H,25,29). The number of aromatic nitrogens is 5. The van der Waals surface area contributed by atoms with Crippen molar-refractivity contribution in [3.05, 3.63) is 54.1 Å². The molecule has 5 rings (SSSR count). The van der Waals surface area contributed by atoms with E-state index >= 15 is 0 Å². The van der Waals surface area contributed by atoms with Crippen LogP contribution in [0.4, 0.5) is 11.6 Å². The van der Waals surface area contributed by atoms with Gasteiger partial charge in [0.25, 0.3) is 0 Å². The van der Waals surface area contributed by atoms with Gasteiger partial charge in [-0.1, -0.05) is 19.9 Å². The lowest BCUT2D eigenvalue weighted by Gasteiger charge is -2.23. The lowest BCUT2D eigenvalue weighted by atomic mass is 9.98. The number of nitrogens with zero attached hydrogens (tertiary/aromatic N) is 5. The van der Waals surface area contributed by atoms with Gasteiger partial charge in [-0.2, -0.15) is 9.61 Å². The van der Waals surface area contributed by atoms with Crippen LogP contribution < -0.4 is 16.0 Å². The van der Waals surface area contributed by atoms with Crippen molar-refractivity contribution in [2.75, 3.05) is 30.3 Å². The first-order valence-electron chi connectivity index (χ1n) is 11.2. The Labute approximate surface area is 182 Å². The zero-order valence-electron chi connectivity index (χ0n) is 18.2. The molecule has 0 radical (unpaired) electrons. The molecule has 0 amide bonds. The zero-order chi connectivity index (χ0) is 21.2. The van der Waals surface area contributed by atoms with Crippen LogP contribution in [0.1, 0.15) is 43.9 Å². The van der Waals surface area contributed by atoms with Gasteiger partial charge in [0.2, 0.25) is 0 Å². The average molecular weight is 419 g/mol. The second kappa shape index (κ2) is 8.55. The minimum atomic E-state index is 0.358. The van der Waals surface area contributed by atoms with Crippen molar-refractivity contribution in [2.24, 2.45) is 5.92 Å². The number of pyridine rings is 1. The highest BCUT2D eigenvalue weighted by molar-refractivity contribution is 5.61. The van der Waals surface area contributed by atoms with E-state index in [0.29, 0.717) is 18.4 Å². The van der Waals surface area contributed by atoms with E-state index < -0.39 is 0 Å². The summed E-state index contributed by atoms with van der Waals surface area (Å²) in [4.78, 5) is 9.40. The molecule has 8 heteroatoms. The van der Waals surface area contributed by atoms with E-state index in [0.717, 1.165) is 53.8 Å². The Morgan fingerprint density at radius 3 is 2.87 bits per heavy atom. The summed E-state index contributed by atoms with van der Waals surface area (Å²) < 4.78 is 4.01. The van der Waals surface area contributed by atoms with Gasteiger partial charge in [0.15, 0.2) is 5.65 Å². The maximum Gasteiger partial charge on any atom is 0.163 e. The van der Waals surface area contributed by atoms with Crippen LogP contribution in [0.25, 0.3) is 11.3 Å². The van der Waals surface area contributed by atoms with Crippen LogP contribution in [0.15, 0.2) is 42.9 Å². The second-order valence-corrected chi connectivity index (χ2v) is 8.62. The summed E-state index contributed by atoms with van der Waals surface area (Å²) in [7, 11) is 0. The first-order chi connectivity index (χ1) is 15.2. The van der Waals surface area contributed by atoms with Crippen LogP contribution in [0, 0.1) is 5.92 Å². The van der Waals surface area contributed by atoms with Crippen LogP contribution in [-0.2, 0) is 6.54 Å². The molecule has 5 heterocycles. The third-order valence-electron chi connectivity index (χ3n) is 6.10. The molecule has 4 aromatic heterocycles. The van der Waals surface area contributed by atoms with Crippen LogP contribution in [0.3, 0.4) is 0 Å². The van der Waals surface area contributed by atoms with E-state index in [2.05, 4.69) is 50.3 Å². The molecule has 1 fully saturated rings. The molecule has 162 valence electrons. The van der Waals surface area contributed by atoms with Gasteiger partial charge in [-0.05, 0) is 49.9 Å². The molecule has 0 aliphatic carbocycles. The first kappa shape index (κ1) is 19.8. The Hall–Kier alpha value is -3.13. The monoisotopic (exact) mass is 418 g/mol. The molecule has 4 aromatic rings. The number of fused-ring (bicyclic) bond motifs is 2. The highest BCUT2D eigenvalue weighted by Crippen LogP contribution is 2.25. The maximum atomic E-state index is 4.91. The first-order valence-corrected chi connectivity index (χ1v) is 11.2. The van der Waals surface area contributed by atoms with Crippen LogP contribution in [0.5, 0.6) is 0 Å². The molecule has 0 atom stereocenters. The van der Waals surface area contributed by atoms with Gasteiger partial charge in [0, 0.05) is 24.4 Å². The van der Waals surface area contributed by atoms with Gasteiger partial charge >= 0.3 is 0 Å². The van der Waals surface area contributed by atoms with Crippen molar-refractivity contribution in [3.63, 3.8) is 0 Å². The fraction of sp³-hybridized carbons (Fsp3) is 0.435. The van der Waals surface area contributed by atoms with Gasteiger partial charge in [0.05, 0.1) is 24.6 Å². The highest BCUT2D eigenvalue weighted by atomic mass is 15.3. The predicted molar refractivity (Wildman–Crippen MR) is 124 cm³/mol. The molecular weight excluding hydrogens is 388 g/mol. The van der Waals surface area contributed by atoms with Gasteiger partial charge in [-0.3, -0.25) is 0 Å². The van der Waals surface area contributed by atoms with E-state index in [-0.39, 0.29) is 0 Å². The molecule has 0 aromatic carbocycles. The van der Waals surface area contributed by atoms with E-state index in [1.54, 1.807) is 0 Å². The number of anilines is 2. The summed E-state index contributed by atoms with van der Waals surface area (Å²) in [5.41, 5.74) is 4.11. The molecule has 3 N–H and O–H groups in total.